The van der Waals surface area contributed by atoms with E-state index in [0.717, 1.165) is 11.6 Å². The van der Waals surface area contributed by atoms with Crippen LogP contribution >= 0.6 is 0 Å². The van der Waals surface area contributed by atoms with E-state index in [1.807, 2.05) is 0 Å². The molecule has 2 aromatic carbocycles. The topological polar surface area (TPSA) is 166 Å². The third-order valence-electron chi connectivity index (χ3n) is 7.06. The molecule has 7 N–H and O–H groups in total. The zero-order valence-corrected chi connectivity index (χ0v) is 25.4. The normalized spacial score (nSPS) is 13.7. The molecule has 0 spiro atoms. The number of aliphatic hydroxyl groups excluding tert-OH is 1. The van der Waals surface area contributed by atoms with Crippen LogP contribution in [-0.2, 0) is 17.7 Å². The minimum atomic E-state index is -5.10. The second-order valence-electron chi connectivity index (χ2n) is 10.9. The number of aliphatic imine (C=N–C) groups is 1. The number of aryl methyl sites for hydroxylation is 1. The summed E-state index contributed by atoms with van der Waals surface area (Å²) in [6, 6.07) is 10.7. The summed E-state index contributed by atoms with van der Waals surface area (Å²) in [5.74, 6) is -1.73. The molecule has 0 aliphatic carbocycles. The van der Waals surface area contributed by atoms with Crippen LogP contribution in [0, 0.1) is 5.82 Å². The van der Waals surface area contributed by atoms with Crippen molar-refractivity contribution < 1.29 is 32.1 Å². The SMILES string of the molecule is COC[C@H](N)CCCc1cc(OC(F)(F)F)c(F)c(-c2cc3cn(-c4ccc(CN[C@@H](O)CCN=C(C)N)cc4)c(=O)nc3[nH]2)c1. The number of nitrogens with two attached hydrogens (primary N) is 2. The second kappa shape index (κ2) is 15.3. The van der Waals surface area contributed by atoms with Gasteiger partial charge in [0.05, 0.1) is 23.8 Å². The quantitative estimate of drug-likeness (QED) is 0.0561. The molecule has 0 radical (unpaired) electrons. The third kappa shape index (κ3) is 9.59. The lowest BCUT2D eigenvalue weighted by Gasteiger charge is -2.15. The Balaban J connectivity index is 1.57. The summed E-state index contributed by atoms with van der Waals surface area (Å²) in [6.45, 7) is 2.76. The van der Waals surface area contributed by atoms with Crippen LogP contribution in [0.25, 0.3) is 28.0 Å². The lowest BCUT2D eigenvalue weighted by atomic mass is 10.0. The maximum absolute atomic E-state index is 15.4. The number of fused-ring (bicyclic) bond motifs is 1. The summed E-state index contributed by atoms with van der Waals surface area (Å²) in [5, 5.41) is 13.5. The van der Waals surface area contributed by atoms with Crippen LogP contribution in [0.4, 0.5) is 17.6 Å². The van der Waals surface area contributed by atoms with E-state index in [1.54, 1.807) is 31.2 Å². The van der Waals surface area contributed by atoms with Gasteiger partial charge in [-0.15, -0.1) is 13.2 Å². The molecule has 4 rings (SSSR count). The smallest absolute Gasteiger partial charge is 0.403 e. The number of nitrogens with zero attached hydrogens (tertiary/aromatic N) is 3. The molecule has 0 bridgehead atoms. The van der Waals surface area contributed by atoms with Gasteiger partial charge in [-0.1, -0.05) is 12.1 Å². The first kappa shape index (κ1) is 34.6. The minimum Gasteiger partial charge on any atom is -0.403 e. The molecule has 0 aliphatic heterocycles. The van der Waals surface area contributed by atoms with Crippen molar-refractivity contribution in [3.8, 4) is 22.7 Å². The van der Waals surface area contributed by atoms with Crippen molar-refractivity contribution in [2.75, 3.05) is 20.3 Å². The predicted molar refractivity (Wildman–Crippen MR) is 166 cm³/mol. The van der Waals surface area contributed by atoms with Crippen molar-refractivity contribution in [1.29, 1.82) is 0 Å². The lowest BCUT2D eigenvalue weighted by molar-refractivity contribution is -0.275. The number of methoxy groups -OCH3 is 1. The van der Waals surface area contributed by atoms with Crippen molar-refractivity contribution in [3.63, 3.8) is 0 Å². The highest BCUT2D eigenvalue weighted by atomic mass is 19.4. The van der Waals surface area contributed by atoms with Crippen LogP contribution in [0.5, 0.6) is 5.75 Å². The first-order chi connectivity index (χ1) is 21.8. The molecule has 248 valence electrons. The van der Waals surface area contributed by atoms with Gasteiger partial charge in [0.15, 0.2) is 11.6 Å². The van der Waals surface area contributed by atoms with Gasteiger partial charge in [0.2, 0.25) is 0 Å². The van der Waals surface area contributed by atoms with E-state index in [2.05, 4.69) is 25.0 Å². The standard InChI is InChI=1S/C31H37F4N7O4/c1-18(36)38-11-10-27(43)39-15-19-6-8-23(9-7-19)42-16-21-14-25(40-29(21)41-30(42)44)24-12-20(4-3-5-22(37)17-45-2)13-26(28(24)32)46-31(33,34)35/h6-9,12-14,16,22,27,39,43H,3-5,10-11,15,17,37H2,1-2H3,(H2,36,38)(H,40,41,44)/t22-,27+/m1/s1. The molecule has 0 aliphatic rings. The molecule has 2 atom stereocenters. The van der Waals surface area contributed by atoms with Gasteiger partial charge in [0.1, 0.15) is 11.9 Å². The lowest BCUT2D eigenvalue weighted by Crippen LogP contribution is -2.29. The van der Waals surface area contributed by atoms with E-state index >= 15 is 4.39 Å². The number of ether oxygens (including phenoxy) is 2. The van der Waals surface area contributed by atoms with E-state index in [4.69, 9.17) is 16.2 Å². The number of alkyl halides is 3. The molecule has 46 heavy (non-hydrogen) atoms. The Morgan fingerprint density at radius 2 is 1.91 bits per heavy atom. The number of nitrogens with one attached hydrogen (secondary N) is 2. The number of halogens is 4. The summed E-state index contributed by atoms with van der Waals surface area (Å²) in [5.41, 5.74) is 12.7. The number of aliphatic hydroxyl groups is 1. The summed E-state index contributed by atoms with van der Waals surface area (Å²) in [6.07, 6.45) is -2.60. The molecular weight excluding hydrogens is 610 g/mol. The van der Waals surface area contributed by atoms with Gasteiger partial charge in [-0.05, 0) is 67.6 Å². The highest BCUT2D eigenvalue weighted by Crippen LogP contribution is 2.35. The number of amidine groups is 1. The molecule has 4 aromatic rings. The van der Waals surface area contributed by atoms with E-state index in [-0.39, 0.29) is 22.9 Å². The highest BCUT2D eigenvalue weighted by Gasteiger charge is 2.33. The molecule has 2 aromatic heterocycles. The van der Waals surface area contributed by atoms with Gasteiger partial charge in [-0.25, -0.2) is 9.18 Å². The van der Waals surface area contributed by atoms with Crippen molar-refractivity contribution in [2.45, 2.75) is 57.8 Å². The van der Waals surface area contributed by atoms with Crippen molar-refractivity contribution in [2.24, 2.45) is 16.5 Å². The van der Waals surface area contributed by atoms with Crippen molar-refractivity contribution in [3.05, 3.63) is 76.1 Å². The fourth-order valence-corrected chi connectivity index (χ4v) is 4.86. The number of aromatic nitrogens is 3. The van der Waals surface area contributed by atoms with Gasteiger partial charge < -0.3 is 31.0 Å². The zero-order valence-electron chi connectivity index (χ0n) is 25.4. The molecule has 0 unspecified atom stereocenters. The second-order valence-corrected chi connectivity index (χ2v) is 10.9. The van der Waals surface area contributed by atoms with Crippen LogP contribution in [0.1, 0.15) is 37.3 Å². The average molecular weight is 648 g/mol. The molecule has 0 amide bonds. The highest BCUT2D eigenvalue weighted by molar-refractivity contribution is 5.83. The largest absolute Gasteiger partial charge is 0.573 e. The number of benzene rings is 2. The Labute approximate surface area is 262 Å². The Hall–Kier alpha value is -4.31. The number of hydrogen-bond donors (Lipinski definition) is 5. The fourth-order valence-electron chi connectivity index (χ4n) is 4.86. The van der Waals surface area contributed by atoms with Gasteiger partial charge in [0, 0.05) is 49.8 Å². The number of aromatic amines is 1. The Kier molecular flexibility index (Phi) is 11.5. The van der Waals surface area contributed by atoms with Crippen LogP contribution < -0.4 is 27.2 Å². The van der Waals surface area contributed by atoms with Crippen molar-refractivity contribution >= 4 is 16.9 Å². The first-order valence-electron chi connectivity index (χ1n) is 14.6. The van der Waals surface area contributed by atoms with Gasteiger partial charge >= 0.3 is 12.1 Å². The number of H-pyrrole nitrogens is 1. The summed E-state index contributed by atoms with van der Waals surface area (Å²) < 4.78 is 65.1. The Morgan fingerprint density at radius 3 is 2.59 bits per heavy atom. The Morgan fingerprint density at radius 1 is 1.17 bits per heavy atom. The van der Waals surface area contributed by atoms with E-state index in [0.29, 0.717) is 67.9 Å². The number of hydrogen-bond acceptors (Lipinski definition) is 8. The number of rotatable bonds is 15. The summed E-state index contributed by atoms with van der Waals surface area (Å²) in [4.78, 5) is 23.9. The molecular formula is C31H37F4N7O4. The van der Waals surface area contributed by atoms with Crippen LogP contribution in [0.15, 0.2) is 58.4 Å². The zero-order chi connectivity index (χ0) is 33.4. The summed E-state index contributed by atoms with van der Waals surface area (Å²) in [7, 11) is 1.52. The molecule has 11 nitrogen and oxygen atoms in total. The fraction of sp³-hybridized carbons (Fsp3) is 0.387. The van der Waals surface area contributed by atoms with E-state index in [1.165, 1.54) is 30.0 Å². The average Bonchev–Trinajstić information content (AvgIpc) is 3.39. The maximum Gasteiger partial charge on any atom is 0.573 e. The van der Waals surface area contributed by atoms with E-state index in [9.17, 15) is 23.1 Å². The van der Waals surface area contributed by atoms with Gasteiger partial charge in [-0.2, -0.15) is 4.98 Å². The van der Waals surface area contributed by atoms with Crippen LogP contribution in [-0.4, -0.2) is 64.4 Å². The van der Waals surface area contributed by atoms with E-state index < -0.39 is 29.8 Å². The molecule has 0 saturated carbocycles. The predicted octanol–water partition coefficient (Wildman–Crippen LogP) is 3.89. The molecule has 15 heteroatoms. The summed E-state index contributed by atoms with van der Waals surface area (Å²) >= 11 is 0. The third-order valence-corrected chi connectivity index (χ3v) is 7.06. The van der Waals surface area contributed by atoms with Crippen molar-refractivity contribution in [1.82, 2.24) is 19.9 Å². The first-order valence-corrected chi connectivity index (χ1v) is 14.6. The maximum atomic E-state index is 15.4. The van der Waals surface area contributed by atoms with Crippen LogP contribution in [0.2, 0.25) is 0 Å². The van der Waals surface area contributed by atoms with Gasteiger partial charge in [0.25, 0.3) is 0 Å². The van der Waals surface area contributed by atoms with Gasteiger partial charge in [-0.3, -0.25) is 14.9 Å². The Bertz CT molecular complexity index is 1700. The monoisotopic (exact) mass is 647 g/mol. The molecule has 2 heterocycles. The molecule has 0 fully saturated rings. The molecule has 0 saturated heterocycles. The minimum absolute atomic E-state index is 0.120. The van der Waals surface area contributed by atoms with Crippen LogP contribution in [0.3, 0.4) is 0 Å².